The molecule has 2 atom stereocenters. The molecule has 1 aliphatic rings. The molecule has 3 rings (SSSR count). The fourth-order valence-electron chi connectivity index (χ4n) is 2.67. The zero-order chi connectivity index (χ0) is 18.2. The van der Waals surface area contributed by atoms with Gasteiger partial charge in [0.25, 0.3) is 5.91 Å². The summed E-state index contributed by atoms with van der Waals surface area (Å²) in [4.78, 5) is 12.5. The molecule has 2 aromatic carbocycles. The van der Waals surface area contributed by atoms with Crippen LogP contribution in [0, 0.1) is 11.6 Å². The minimum absolute atomic E-state index is 0.000920. The van der Waals surface area contributed by atoms with Crippen LogP contribution in [0.25, 0.3) is 0 Å². The first kappa shape index (κ1) is 17.3. The van der Waals surface area contributed by atoms with E-state index in [0.717, 1.165) is 12.1 Å². The molecule has 1 aliphatic heterocycles. The van der Waals surface area contributed by atoms with Gasteiger partial charge in [0, 0.05) is 6.07 Å². The van der Waals surface area contributed by atoms with Crippen molar-refractivity contribution in [3.05, 3.63) is 59.7 Å². The lowest BCUT2D eigenvalue weighted by molar-refractivity contribution is -0.127. The maximum absolute atomic E-state index is 13.2. The Kier molecular flexibility index (Phi) is 4.47. The quantitative estimate of drug-likeness (QED) is 0.901. The first-order valence-corrected chi connectivity index (χ1v) is 9.17. The Morgan fingerprint density at radius 3 is 2.64 bits per heavy atom. The zero-order valence-electron chi connectivity index (χ0n) is 13.2. The first-order valence-electron chi connectivity index (χ1n) is 7.52. The Morgan fingerprint density at radius 1 is 1.20 bits per heavy atom. The molecule has 0 unspecified atom stereocenters. The van der Waals surface area contributed by atoms with Crippen LogP contribution in [0.2, 0.25) is 0 Å². The third kappa shape index (κ3) is 3.48. The van der Waals surface area contributed by atoms with Crippen molar-refractivity contribution in [1.29, 1.82) is 0 Å². The predicted molar refractivity (Wildman–Crippen MR) is 85.8 cm³/mol. The summed E-state index contributed by atoms with van der Waals surface area (Å²) >= 11 is 0. The van der Waals surface area contributed by atoms with Crippen LogP contribution in [0.1, 0.15) is 18.5 Å². The molecule has 8 heteroatoms. The van der Waals surface area contributed by atoms with Crippen LogP contribution in [-0.4, -0.2) is 26.2 Å². The van der Waals surface area contributed by atoms with Gasteiger partial charge < -0.3 is 10.1 Å². The van der Waals surface area contributed by atoms with E-state index in [1.807, 2.05) is 0 Å². The van der Waals surface area contributed by atoms with Crippen molar-refractivity contribution < 1.29 is 26.7 Å². The van der Waals surface area contributed by atoms with Gasteiger partial charge in [0.05, 0.1) is 16.7 Å². The van der Waals surface area contributed by atoms with Gasteiger partial charge in [-0.15, -0.1) is 0 Å². The number of carbonyl (C=O) groups excluding carboxylic acids is 1. The number of halogens is 2. The van der Waals surface area contributed by atoms with Crippen molar-refractivity contribution in [2.24, 2.45) is 0 Å². The van der Waals surface area contributed by atoms with E-state index in [0.29, 0.717) is 5.56 Å². The molecule has 0 saturated carbocycles. The molecule has 1 N–H and O–H groups in total. The summed E-state index contributed by atoms with van der Waals surface area (Å²) in [6, 6.07) is 8.73. The summed E-state index contributed by atoms with van der Waals surface area (Å²) in [7, 11) is -3.44. The third-order valence-corrected chi connectivity index (χ3v) is 5.72. The Labute approximate surface area is 143 Å². The summed E-state index contributed by atoms with van der Waals surface area (Å²) < 4.78 is 55.6. The van der Waals surface area contributed by atoms with E-state index in [1.165, 1.54) is 19.1 Å². The van der Waals surface area contributed by atoms with Crippen LogP contribution in [-0.2, 0) is 14.6 Å². The van der Waals surface area contributed by atoms with Crippen molar-refractivity contribution in [3.63, 3.8) is 0 Å². The number of hydrogen-bond acceptors (Lipinski definition) is 4. The second-order valence-corrected chi connectivity index (χ2v) is 7.72. The molecule has 25 heavy (non-hydrogen) atoms. The van der Waals surface area contributed by atoms with E-state index in [1.54, 1.807) is 18.2 Å². The molecule has 0 spiro atoms. The highest BCUT2D eigenvalue weighted by atomic mass is 32.2. The second-order valence-electron chi connectivity index (χ2n) is 5.72. The molecule has 1 amide bonds. The average Bonchev–Trinajstić information content (AvgIpc) is 2.82. The Morgan fingerprint density at radius 2 is 1.92 bits per heavy atom. The van der Waals surface area contributed by atoms with Crippen molar-refractivity contribution in [2.45, 2.75) is 24.0 Å². The highest BCUT2D eigenvalue weighted by molar-refractivity contribution is 7.91. The molecular weight excluding hydrogens is 352 g/mol. The Bertz CT molecular complexity index is 930. The van der Waals surface area contributed by atoms with E-state index >= 15 is 0 Å². The van der Waals surface area contributed by atoms with Crippen LogP contribution in [0.4, 0.5) is 8.78 Å². The summed E-state index contributed by atoms with van der Waals surface area (Å²) in [6.45, 7) is 1.44. The van der Waals surface area contributed by atoms with Gasteiger partial charge in [-0.3, -0.25) is 4.79 Å². The standard InChI is InChI=1S/C17H15F2NO4S/c1-10(24-11-6-7-13(18)14(19)8-11)17(21)20-15-9-25(22,23)16-5-3-2-4-12(15)16/h2-8,10,15H,9H2,1H3,(H,20,21)/t10-,15+/m1/s1. The summed E-state index contributed by atoms with van der Waals surface area (Å²) in [6.07, 6.45) is -1.01. The monoisotopic (exact) mass is 367 g/mol. The largest absolute Gasteiger partial charge is 0.481 e. The number of benzene rings is 2. The number of nitrogens with one attached hydrogen (secondary N) is 1. The number of sulfone groups is 1. The second kappa shape index (κ2) is 6.44. The van der Waals surface area contributed by atoms with Crippen LogP contribution >= 0.6 is 0 Å². The minimum Gasteiger partial charge on any atom is -0.481 e. The summed E-state index contributed by atoms with van der Waals surface area (Å²) in [5.74, 6) is -2.88. The normalized spacial score (nSPS) is 19.1. The highest BCUT2D eigenvalue weighted by Gasteiger charge is 2.36. The van der Waals surface area contributed by atoms with Gasteiger partial charge in [0.1, 0.15) is 5.75 Å². The fourth-order valence-corrected chi connectivity index (χ4v) is 4.40. The van der Waals surface area contributed by atoms with Gasteiger partial charge in [0.15, 0.2) is 27.6 Å². The van der Waals surface area contributed by atoms with Crippen LogP contribution in [0.5, 0.6) is 5.75 Å². The van der Waals surface area contributed by atoms with Gasteiger partial charge in [-0.1, -0.05) is 18.2 Å². The molecular formula is C17H15F2NO4S. The Balaban J connectivity index is 1.71. The van der Waals surface area contributed by atoms with Gasteiger partial charge in [-0.2, -0.15) is 0 Å². The average molecular weight is 367 g/mol. The molecule has 0 radical (unpaired) electrons. The molecule has 5 nitrogen and oxygen atoms in total. The van der Waals surface area contributed by atoms with E-state index in [-0.39, 0.29) is 16.4 Å². The van der Waals surface area contributed by atoms with E-state index in [2.05, 4.69) is 5.32 Å². The highest BCUT2D eigenvalue weighted by Crippen LogP contribution is 2.33. The number of hydrogen-bond donors (Lipinski definition) is 1. The minimum atomic E-state index is -3.44. The summed E-state index contributed by atoms with van der Waals surface area (Å²) in [5.41, 5.74) is 0.524. The number of ether oxygens (including phenoxy) is 1. The van der Waals surface area contributed by atoms with Crippen molar-refractivity contribution in [1.82, 2.24) is 5.32 Å². The molecule has 0 fully saturated rings. The SMILES string of the molecule is C[C@@H](Oc1ccc(F)c(F)c1)C(=O)N[C@H]1CS(=O)(=O)c2ccccc21. The smallest absolute Gasteiger partial charge is 0.261 e. The van der Waals surface area contributed by atoms with Crippen LogP contribution < -0.4 is 10.1 Å². The lowest BCUT2D eigenvalue weighted by Gasteiger charge is -2.18. The van der Waals surface area contributed by atoms with Crippen LogP contribution in [0.3, 0.4) is 0 Å². The maximum Gasteiger partial charge on any atom is 0.261 e. The van der Waals surface area contributed by atoms with Crippen molar-refractivity contribution >= 4 is 15.7 Å². The fraction of sp³-hybridized carbons (Fsp3) is 0.235. The molecule has 1 heterocycles. The van der Waals surface area contributed by atoms with Crippen molar-refractivity contribution in [3.8, 4) is 5.75 Å². The van der Waals surface area contributed by atoms with Crippen molar-refractivity contribution in [2.75, 3.05) is 5.75 Å². The number of carbonyl (C=O) groups is 1. The third-order valence-electron chi connectivity index (χ3n) is 3.91. The number of amides is 1. The molecule has 0 bridgehead atoms. The van der Waals surface area contributed by atoms with Gasteiger partial charge in [0.2, 0.25) is 0 Å². The molecule has 0 aromatic heterocycles. The Hall–Kier alpha value is -2.48. The number of rotatable bonds is 4. The van der Waals surface area contributed by atoms with Gasteiger partial charge >= 0.3 is 0 Å². The topological polar surface area (TPSA) is 72.5 Å². The predicted octanol–water partition coefficient (Wildman–Crippen LogP) is 2.38. The van der Waals surface area contributed by atoms with Gasteiger partial charge in [-0.25, -0.2) is 17.2 Å². The molecule has 132 valence electrons. The zero-order valence-corrected chi connectivity index (χ0v) is 14.0. The lowest BCUT2D eigenvalue weighted by atomic mass is 10.1. The van der Waals surface area contributed by atoms with E-state index in [4.69, 9.17) is 4.74 Å². The van der Waals surface area contributed by atoms with Crippen LogP contribution in [0.15, 0.2) is 47.4 Å². The number of fused-ring (bicyclic) bond motifs is 1. The van der Waals surface area contributed by atoms with E-state index < -0.39 is 39.5 Å². The molecule has 0 aliphatic carbocycles. The van der Waals surface area contributed by atoms with E-state index in [9.17, 15) is 22.0 Å². The summed E-state index contributed by atoms with van der Waals surface area (Å²) in [5, 5.41) is 2.63. The lowest BCUT2D eigenvalue weighted by Crippen LogP contribution is -2.39. The molecule has 0 saturated heterocycles. The first-order chi connectivity index (χ1) is 11.8. The maximum atomic E-state index is 13.2. The molecule has 2 aromatic rings. The van der Waals surface area contributed by atoms with Gasteiger partial charge in [-0.05, 0) is 30.7 Å².